The molecular weight excluding hydrogens is 296 g/mol. The zero-order valence-electron chi connectivity index (χ0n) is 13.0. The average molecular weight is 316 g/mol. The highest BCUT2D eigenvalue weighted by atomic mass is 16.5. The van der Waals surface area contributed by atoms with Gasteiger partial charge in [0.25, 0.3) is 11.8 Å². The molecule has 2 amide bonds. The number of carbonyl (C=O) groups is 2. The zero-order chi connectivity index (χ0) is 16.2. The van der Waals surface area contributed by atoms with Gasteiger partial charge in [0.1, 0.15) is 6.04 Å². The lowest BCUT2D eigenvalue weighted by Crippen LogP contribution is -2.58. The minimum Gasteiger partial charge on any atom is -0.376 e. The molecule has 0 aliphatic carbocycles. The van der Waals surface area contributed by atoms with Crippen molar-refractivity contribution in [1.82, 2.24) is 10.7 Å². The molecule has 1 saturated heterocycles. The van der Waals surface area contributed by atoms with E-state index in [9.17, 15) is 9.59 Å². The smallest absolute Gasteiger partial charge is 0.288 e. The number of hydrogen-bond acceptors (Lipinski definition) is 5. The lowest BCUT2D eigenvalue weighted by molar-refractivity contribution is -0.120. The maximum absolute atomic E-state index is 12.3. The van der Waals surface area contributed by atoms with E-state index < -0.39 is 6.04 Å². The number of para-hydroxylation sites is 1. The van der Waals surface area contributed by atoms with Gasteiger partial charge in [0.15, 0.2) is 0 Å². The number of benzene rings is 1. The van der Waals surface area contributed by atoms with Crippen molar-refractivity contribution in [2.45, 2.75) is 31.9 Å². The minimum atomic E-state index is -0.611. The van der Waals surface area contributed by atoms with Crippen LogP contribution >= 0.6 is 0 Å². The molecule has 1 fully saturated rings. The molecule has 1 aromatic carbocycles. The molecule has 0 saturated carbocycles. The first-order valence-corrected chi connectivity index (χ1v) is 7.78. The van der Waals surface area contributed by atoms with Crippen molar-refractivity contribution >= 4 is 23.3 Å². The second-order valence-electron chi connectivity index (χ2n) is 5.62. The van der Waals surface area contributed by atoms with Crippen LogP contribution < -0.4 is 15.8 Å². The van der Waals surface area contributed by atoms with Gasteiger partial charge in [0.2, 0.25) is 5.84 Å². The average Bonchev–Trinajstić information content (AvgIpc) is 3.09. The Morgan fingerprint density at radius 2 is 2.22 bits per heavy atom. The molecule has 1 aromatic rings. The Morgan fingerprint density at radius 1 is 1.43 bits per heavy atom. The SMILES string of the molecule is C[C@@H]1N=C(C(=O)NC[C@H]2CCCO2)NN(c2ccccc2)C1=O. The zero-order valence-corrected chi connectivity index (χ0v) is 13.0. The second-order valence-corrected chi connectivity index (χ2v) is 5.62. The molecule has 0 bridgehead atoms. The first-order valence-electron chi connectivity index (χ1n) is 7.78. The van der Waals surface area contributed by atoms with Crippen LogP contribution in [0.25, 0.3) is 0 Å². The van der Waals surface area contributed by atoms with Crippen LogP contribution in [0.3, 0.4) is 0 Å². The molecule has 7 nitrogen and oxygen atoms in total. The van der Waals surface area contributed by atoms with Gasteiger partial charge in [0.05, 0.1) is 11.8 Å². The maximum atomic E-state index is 12.3. The van der Waals surface area contributed by atoms with Crippen LogP contribution in [0, 0.1) is 0 Å². The van der Waals surface area contributed by atoms with Gasteiger partial charge in [-0.05, 0) is 31.9 Å². The van der Waals surface area contributed by atoms with Gasteiger partial charge in [-0.2, -0.15) is 0 Å². The number of carbonyl (C=O) groups excluding carboxylic acids is 2. The molecule has 2 aliphatic rings. The third kappa shape index (κ3) is 3.50. The van der Waals surface area contributed by atoms with Crippen molar-refractivity contribution in [1.29, 1.82) is 0 Å². The molecule has 0 spiro atoms. The van der Waals surface area contributed by atoms with E-state index in [1.54, 1.807) is 19.1 Å². The van der Waals surface area contributed by atoms with E-state index in [1.165, 1.54) is 5.01 Å². The van der Waals surface area contributed by atoms with E-state index in [-0.39, 0.29) is 23.8 Å². The fourth-order valence-corrected chi connectivity index (χ4v) is 2.60. The largest absolute Gasteiger partial charge is 0.376 e. The lowest BCUT2D eigenvalue weighted by atomic mass is 10.2. The summed E-state index contributed by atoms with van der Waals surface area (Å²) in [4.78, 5) is 28.7. The summed E-state index contributed by atoms with van der Waals surface area (Å²) in [7, 11) is 0. The van der Waals surface area contributed by atoms with E-state index in [0.717, 1.165) is 19.4 Å². The van der Waals surface area contributed by atoms with E-state index >= 15 is 0 Å². The van der Waals surface area contributed by atoms with Crippen molar-refractivity contribution < 1.29 is 14.3 Å². The summed E-state index contributed by atoms with van der Waals surface area (Å²) < 4.78 is 5.48. The highest BCUT2D eigenvalue weighted by Gasteiger charge is 2.30. The number of nitrogens with zero attached hydrogens (tertiary/aromatic N) is 2. The van der Waals surface area contributed by atoms with Crippen LogP contribution in [-0.2, 0) is 14.3 Å². The third-order valence-electron chi connectivity index (χ3n) is 3.86. The van der Waals surface area contributed by atoms with Crippen LogP contribution in [0.4, 0.5) is 5.69 Å². The Morgan fingerprint density at radius 3 is 2.91 bits per heavy atom. The summed E-state index contributed by atoms with van der Waals surface area (Å²) in [6.45, 7) is 2.87. The fraction of sp³-hybridized carbons (Fsp3) is 0.438. The first kappa shape index (κ1) is 15.5. The predicted octanol–water partition coefficient (Wildman–Crippen LogP) is 0.620. The molecule has 0 unspecified atom stereocenters. The highest BCUT2D eigenvalue weighted by molar-refractivity contribution is 6.39. The number of rotatable bonds is 4. The molecule has 0 aromatic heterocycles. The molecular formula is C16H20N4O3. The predicted molar refractivity (Wildman–Crippen MR) is 85.9 cm³/mol. The number of hydrazine groups is 1. The van der Waals surface area contributed by atoms with Gasteiger partial charge >= 0.3 is 0 Å². The Kier molecular flexibility index (Phi) is 4.57. The van der Waals surface area contributed by atoms with Gasteiger partial charge in [-0.15, -0.1) is 0 Å². The van der Waals surface area contributed by atoms with Crippen molar-refractivity contribution in [3.8, 4) is 0 Å². The molecule has 122 valence electrons. The molecule has 0 radical (unpaired) electrons. The Bertz CT molecular complexity index is 611. The maximum Gasteiger partial charge on any atom is 0.288 e. The topological polar surface area (TPSA) is 83.0 Å². The number of amidine groups is 1. The van der Waals surface area contributed by atoms with Crippen LogP contribution in [0.2, 0.25) is 0 Å². The molecule has 23 heavy (non-hydrogen) atoms. The summed E-state index contributed by atoms with van der Waals surface area (Å²) in [6, 6.07) is 8.51. The minimum absolute atomic E-state index is 0.0624. The van der Waals surface area contributed by atoms with Crippen molar-refractivity contribution in [3.63, 3.8) is 0 Å². The van der Waals surface area contributed by atoms with E-state index in [1.807, 2.05) is 18.2 Å². The van der Waals surface area contributed by atoms with Crippen molar-refractivity contribution in [2.75, 3.05) is 18.2 Å². The summed E-state index contributed by atoms with van der Waals surface area (Å²) in [6.07, 6.45) is 2.03. The standard InChI is InChI=1S/C16H20N4O3/c1-11-16(22)20(12-6-3-2-4-7-12)19-14(18-11)15(21)17-10-13-8-5-9-23-13/h2-4,6-7,11,13H,5,8-10H2,1H3,(H,17,21)(H,18,19)/t11-,13+/m0/s1. The van der Waals surface area contributed by atoms with Gasteiger partial charge in [-0.1, -0.05) is 18.2 Å². The molecule has 2 atom stereocenters. The number of anilines is 1. The summed E-state index contributed by atoms with van der Waals surface area (Å²) in [5.41, 5.74) is 3.48. The van der Waals surface area contributed by atoms with Crippen molar-refractivity contribution in [3.05, 3.63) is 30.3 Å². The Balaban J connectivity index is 1.68. The highest BCUT2D eigenvalue weighted by Crippen LogP contribution is 2.16. The van der Waals surface area contributed by atoms with Gasteiger partial charge in [-0.25, -0.2) is 10.0 Å². The van der Waals surface area contributed by atoms with Crippen LogP contribution in [0.5, 0.6) is 0 Å². The number of aliphatic imine (C=N–C) groups is 1. The monoisotopic (exact) mass is 316 g/mol. The molecule has 3 rings (SSSR count). The van der Waals surface area contributed by atoms with Crippen molar-refractivity contribution in [2.24, 2.45) is 4.99 Å². The summed E-state index contributed by atoms with van der Waals surface area (Å²) >= 11 is 0. The Labute approximate surface area is 134 Å². The first-order chi connectivity index (χ1) is 11.1. The fourth-order valence-electron chi connectivity index (χ4n) is 2.60. The molecule has 2 aliphatic heterocycles. The molecule has 2 heterocycles. The van der Waals surface area contributed by atoms with Gasteiger partial charge in [0, 0.05) is 13.2 Å². The quantitative estimate of drug-likeness (QED) is 0.853. The number of nitrogens with one attached hydrogen (secondary N) is 2. The van der Waals surface area contributed by atoms with E-state index in [0.29, 0.717) is 12.2 Å². The van der Waals surface area contributed by atoms with Gasteiger partial charge < -0.3 is 10.1 Å². The molecule has 7 heteroatoms. The third-order valence-corrected chi connectivity index (χ3v) is 3.86. The summed E-state index contributed by atoms with van der Waals surface area (Å²) in [5, 5.41) is 4.17. The summed E-state index contributed by atoms with van der Waals surface area (Å²) in [5.74, 6) is -0.397. The Hall–Kier alpha value is -2.41. The van der Waals surface area contributed by atoms with E-state index in [2.05, 4.69) is 15.7 Å². The molecule has 2 N–H and O–H groups in total. The second kappa shape index (κ2) is 6.78. The number of ether oxygens (including phenoxy) is 1. The number of amides is 2. The lowest BCUT2D eigenvalue weighted by Gasteiger charge is -2.30. The normalized spacial score (nSPS) is 24.1. The van der Waals surface area contributed by atoms with Gasteiger partial charge in [-0.3, -0.25) is 15.0 Å². The number of hydrogen-bond donors (Lipinski definition) is 2. The van der Waals surface area contributed by atoms with E-state index in [4.69, 9.17) is 4.74 Å². The van der Waals surface area contributed by atoms with Crippen LogP contribution in [0.1, 0.15) is 19.8 Å². The van der Waals surface area contributed by atoms with Crippen LogP contribution in [0.15, 0.2) is 35.3 Å². The van der Waals surface area contributed by atoms with Crippen LogP contribution in [-0.4, -0.2) is 42.9 Å².